The van der Waals surface area contributed by atoms with Crippen molar-refractivity contribution in [1.82, 2.24) is 5.32 Å². The number of nitrogens with one attached hydrogen (secondary N) is 1. The topological polar surface area (TPSA) is 38.0 Å². The first-order valence-electron chi connectivity index (χ1n) is 5.32. The number of nitrogens with two attached hydrogens (primary N) is 1. The van der Waals surface area contributed by atoms with Gasteiger partial charge in [-0.15, -0.1) is 11.8 Å². The highest BCUT2D eigenvalue weighted by molar-refractivity contribution is 7.99. The van der Waals surface area contributed by atoms with Crippen molar-refractivity contribution in [2.24, 2.45) is 0 Å². The Hall–Kier alpha value is -0.670. The van der Waals surface area contributed by atoms with Crippen molar-refractivity contribution in [2.75, 3.05) is 18.0 Å². The molecule has 0 radical (unpaired) electrons. The normalized spacial score (nSPS) is 10.9. The molecular weight excluding hydrogens is 204 g/mol. The number of anilines is 1. The fourth-order valence-corrected chi connectivity index (χ4v) is 2.25. The Balaban J connectivity index is 2.41. The zero-order valence-electron chi connectivity index (χ0n) is 9.71. The smallest absolute Gasteiger partial charge is 0.0354 e. The molecule has 0 aliphatic rings. The highest BCUT2D eigenvalue weighted by Gasteiger charge is 2.01. The van der Waals surface area contributed by atoms with Gasteiger partial charge in [0.1, 0.15) is 0 Å². The van der Waals surface area contributed by atoms with Crippen LogP contribution in [0.2, 0.25) is 0 Å². The quantitative estimate of drug-likeness (QED) is 0.459. The molecule has 0 amide bonds. The van der Waals surface area contributed by atoms with Crippen LogP contribution in [0.25, 0.3) is 0 Å². The predicted molar refractivity (Wildman–Crippen MR) is 69.5 cm³/mol. The minimum Gasteiger partial charge on any atom is -0.398 e. The number of hydrogen-bond acceptors (Lipinski definition) is 3. The molecule has 1 rings (SSSR count). The van der Waals surface area contributed by atoms with Gasteiger partial charge in [0.25, 0.3) is 0 Å². The lowest BCUT2D eigenvalue weighted by atomic mass is 10.2. The van der Waals surface area contributed by atoms with E-state index in [9.17, 15) is 0 Å². The predicted octanol–water partition coefficient (Wildman–Crippen LogP) is 2.67. The molecule has 0 fully saturated rings. The van der Waals surface area contributed by atoms with E-state index in [1.54, 1.807) is 0 Å². The lowest BCUT2D eigenvalue weighted by Gasteiger charge is -2.10. The van der Waals surface area contributed by atoms with Gasteiger partial charge in [-0.1, -0.05) is 19.9 Å². The van der Waals surface area contributed by atoms with E-state index in [2.05, 4.69) is 32.2 Å². The summed E-state index contributed by atoms with van der Waals surface area (Å²) in [6.45, 7) is 7.44. The van der Waals surface area contributed by atoms with Gasteiger partial charge in [-0.2, -0.15) is 0 Å². The number of nitrogen functional groups attached to an aromatic ring is 1. The molecule has 0 bridgehead atoms. The summed E-state index contributed by atoms with van der Waals surface area (Å²) in [5.41, 5.74) is 7.93. The summed E-state index contributed by atoms with van der Waals surface area (Å²) in [4.78, 5) is 1.29. The van der Waals surface area contributed by atoms with Crippen LogP contribution in [-0.2, 0) is 0 Å². The summed E-state index contributed by atoms with van der Waals surface area (Å²) in [6.07, 6.45) is 0. The van der Waals surface area contributed by atoms with Gasteiger partial charge >= 0.3 is 0 Å². The Morgan fingerprint density at radius 1 is 1.40 bits per heavy atom. The average Bonchev–Trinajstić information content (AvgIpc) is 2.18. The lowest BCUT2D eigenvalue weighted by Crippen LogP contribution is -2.24. The van der Waals surface area contributed by atoms with Crippen molar-refractivity contribution in [3.05, 3.63) is 23.8 Å². The van der Waals surface area contributed by atoms with Crippen LogP contribution in [0.5, 0.6) is 0 Å². The summed E-state index contributed by atoms with van der Waals surface area (Å²) >= 11 is 1.86. The Morgan fingerprint density at radius 2 is 2.13 bits per heavy atom. The molecule has 0 saturated heterocycles. The first-order valence-corrected chi connectivity index (χ1v) is 6.31. The van der Waals surface area contributed by atoms with E-state index in [1.165, 1.54) is 10.5 Å². The summed E-state index contributed by atoms with van der Waals surface area (Å²) in [5, 5.41) is 3.40. The molecular formula is C12H20N2S. The van der Waals surface area contributed by atoms with Crippen LogP contribution in [0, 0.1) is 6.92 Å². The Bertz CT molecular complexity index is 310. The van der Waals surface area contributed by atoms with E-state index in [0.717, 1.165) is 18.0 Å². The molecule has 0 aliphatic heterocycles. The number of benzene rings is 1. The highest BCUT2D eigenvalue weighted by atomic mass is 32.2. The molecule has 3 N–H and O–H groups in total. The maximum Gasteiger partial charge on any atom is 0.0354 e. The number of rotatable bonds is 5. The zero-order chi connectivity index (χ0) is 11.3. The maximum absolute atomic E-state index is 5.84. The SMILES string of the molecule is Cc1c(N)cccc1SCCNC(C)C. The Kier molecular flexibility index (Phi) is 4.99. The standard InChI is InChI=1S/C12H20N2S/c1-9(2)14-7-8-15-12-6-4-5-11(13)10(12)3/h4-6,9,14H,7-8,13H2,1-3H3. The highest BCUT2D eigenvalue weighted by Crippen LogP contribution is 2.25. The minimum absolute atomic E-state index is 0.563. The van der Waals surface area contributed by atoms with E-state index in [1.807, 2.05) is 23.9 Å². The number of hydrogen-bond donors (Lipinski definition) is 2. The lowest BCUT2D eigenvalue weighted by molar-refractivity contribution is 0.616. The molecule has 0 saturated carbocycles. The van der Waals surface area contributed by atoms with Crippen molar-refractivity contribution in [3.63, 3.8) is 0 Å². The molecule has 3 heteroatoms. The molecule has 0 atom stereocenters. The minimum atomic E-state index is 0.563. The molecule has 0 spiro atoms. The fourth-order valence-electron chi connectivity index (χ4n) is 1.30. The summed E-state index contributed by atoms with van der Waals surface area (Å²) in [6, 6.07) is 6.66. The fraction of sp³-hybridized carbons (Fsp3) is 0.500. The molecule has 84 valence electrons. The van der Waals surface area contributed by atoms with Crippen LogP contribution >= 0.6 is 11.8 Å². The third kappa shape index (κ3) is 4.14. The molecule has 1 aromatic rings. The monoisotopic (exact) mass is 224 g/mol. The first kappa shape index (κ1) is 12.4. The van der Waals surface area contributed by atoms with Crippen molar-refractivity contribution in [2.45, 2.75) is 31.7 Å². The third-order valence-corrected chi connectivity index (χ3v) is 3.40. The van der Waals surface area contributed by atoms with Crippen LogP contribution < -0.4 is 11.1 Å². The van der Waals surface area contributed by atoms with Crippen LogP contribution in [0.3, 0.4) is 0 Å². The van der Waals surface area contributed by atoms with Crippen LogP contribution in [0.4, 0.5) is 5.69 Å². The van der Waals surface area contributed by atoms with Gasteiger partial charge in [0, 0.05) is 28.9 Å². The van der Waals surface area contributed by atoms with Crippen molar-refractivity contribution >= 4 is 17.4 Å². The van der Waals surface area contributed by atoms with E-state index in [-0.39, 0.29) is 0 Å². The van der Waals surface area contributed by atoms with Crippen molar-refractivity contribution in [1.29, 1.82) is 0 Å². The Morgan fingerprint density at radius 3 is 2.80 bits per heavy atom. The van der Waals surface area contributed by atoms with Gasteiger partial charge in [-0.25, -0.2) is 0 Å². The molecule has 0 unspecified atom stereocenters. The maximum atomic E-state index is 5.84. The van der Waals surface area contributed by atoms with Crippen LogP contribution in [0.15, 0.2) is 23.1 Å². The summed E-state index contributed by atoms with van der Waals surface area (Å²) in [7, 11) is 0. The molecule has 0 aliphatic carbocycles. The summed E-state index contributed by atoms with van der Waals surface area (Å²) < 4.78 is 0. The van der Waals surface area contributed by atoms with Crippen molar-refractivity contribution < 1.29 is 0 Å². The Labute approximate surface area is 96.6 Å². The average molecular weight is 224 g/mol. The van der Waals surface area contributed by atoms with E-state index >= 15 is 0 Å². The molecule has 1 aromatic carbocycles. The van der Waals surface area contributed by atoms with Gasteiger partial charge in [0.15, 0.2) is 0 Å². The van der Waals surface area contributed by atoms with Gasteiger partial charge in [-0.3, -0.25) is 0 Å². The second-order valence-electron chi connectivity index (χ2n) is 3.93. The molecule has 2 nitrogen and oxygen atoms in total. The van der Waals surface area contributed by atoms with E-state index in [4.69, 9.17) is 5.73 Å². The zero-order valence-corrected chi connectivity index (χ0v) is 10.5. The molecule has 0 aromatic heterocycles. The second-order valence-corrected chi connectivity index (χ2v) is 5.06. The largest absolute Gasteiger partial charge is 0.398 e. The van der Waals surface area contributed by atoms with E-state index in [0.29, 0.717) is 6.04 Å². The molecule has 0 heterocycles. The van der Waals surface area contributed by atoms with Crippen LogP contribution in [0.1, 0.15) is 19.4 Å². The first-order chi connectivity index (χ1) is 7.11. The third-order valence-electron chi connectivity index (χ3n) is 2.24. The van der Waals surface area contributed by atoms with E-state index < -0.39 is 0 Å². The van der Waals surface area contributed by atoms with Crippen molar-refractivity contribution in [3.8, 4) is 0 Å². The van der Waals surface area contributed by atoms with Gasteiger partial charge < -0.3 is 11.1 Å². The van der Waals surface area contributed by atoms with Crippen LogP contribution in [-0.4, -0.2) is 18.3 Å². The molecule has 15 heavy (non-hydrogen) atoms. The number of thioether (sulfide) groups is 1. The second kappa shape index (κ2) is 6.03. The van der Waals surface area contributed by atoms with Gasteiger partial charge in [0.05, 0.1) is 0 Å². The summed E-state index contributed by atoms with van der Waals surface area (Å²) in [5.74, 6) is 1.09. The van der Waals surface area contributed by atoms with Gasteiger partial charge in [-0.05, 0) is 24.6 Å². The van der Waals surface area contributed by atoms with Gasteiger partial charge in [0.2, 0.25) is 0 Å².